The first-order chi connectivity index (χ1) is 10.7. The Morgan fingerprint density at radius 1 is 1.41 bits per heavy atom. The van der Waals surface area contributed by atoms with Gasteiger partial charge in [0.2, 0.25) is 0 Å². The average Bonchev–Trinajstić information content (AvgIpc) is 3.08. The predicted molar refractivity (Wildman–Crippen MR) is 82.5 cm³/mol. The molecule has 22 heavy (non-hydrogen) atoms. The van der Waals surface area contributed by atoms with Gasteiger partial charge in [0.25, 0.3) is 5.91 Å². The summed E-state index contributed by atoms with van der Waals surface area (Å²) in [6, 6.07) is 0. The average molecular weight is 316 g/mol. The molecule has 0 radical (unpaired) electrons. The van der Waals surface area contributed by atoms with E-state index in [0.717, 1.165) is 30.8 Å². The molecule has 2 N–H and O–H groups in total. The van der Waals surface area contributed by atoms with Crippen LogP contribution < -0.4 is 10.6 Å². The number of amides is 1. The summed E-state index contributed by atoms with van der Waals surface area (Å²) < 4.78 is 0. The lowest BCUT2D eigenvalue weighted by Gasteiger charge is -2.22. The fourth-order valence-electron chi connectivity index (χ4n) is 3.22. The molecule has 0 aromatic carbocycles. The molecule has 4 heterocycles. The minimum Gasteiger partial charge on any atom is -0.371 e. The van der Waals surface area contributed by atoms with E-state index >= 15 is 0 Å². The van der Waals surface area contributed by atoms with Crippen molar-refractivity contribution in [3.05, 3.63) is 52.9 Å². The number of piperidine rings is 1. The maximum atomic E-state index is 12.7. The molecule has 3 aliphatic rings. The summed E-state index contributed by atoms with van der Waals surface area (Å²) in [6.45, 7) is 2.00. The Hall–Kier alpha value is -2.34. The minimum absolute atomic E-state index is 0.247. The van der Waals surface area contributed by atoms with Gasteiger partial charge in [-0.25, -0.2) is 4.98 Å². The van der Waals surface area contributed by atoms with E-state index < -0.39 is 0 Å². The molecule has 0 saturated carbocycles. The number of carbonyl (C=O) groups excluding carboxylic acids is 1. The van der Waals surface area contributed by atoms with Crippen LogP contribution in [0.25, 0.3) is 0 Å². The molecule has 112 valence electrons. The van der Waals surface area contributed by atoms with E-state index in [4.69, 9.17) is 11.6 Å². The van der Waals surface area contributed by atoms with Gasteiger partial charge in [-0.1, -0.05) is 11.6 Å². The van der Waals surface area contributed by atoms with Gasteiger partial charge >= 0.3 is 0 Å². The van der Waals surface area contributed by atoms with Crippen LogP contribution in [-0.2, 0) is 4.79 Å². The zero-order chi connectivity index (χ0) is 15.1. The lowest BCUT2D eigenvalue weighted by atomic mass is 9.94. The van der Waals surface area contributed by atoms with E-state index in [0.29, 0.717) is 22.6 Å². The third-order valence-corrected chi connectivity index (χ3v) is 4.37. The Kier molecular flexibility index (Phi) is 3.11. The smallest absolute Gasteiger partial charge is 0.273 e. The molecular formula is C15H14ClN5O. The highest BCUT2D eigenvalue weighted by atomic mass is 35.5. The van der Waals surface area contributed by atoms with E-state index in [2.05, 4.69) is 25.5 Å². The molecule has 7 heteroatoms. The quantitative estimate of drug-likeness (QED) is 0.811. The first kappa shape index (κ1) is 13.3. The van der Waals surface area contributed by atoms with Crippen molar-refractivity contribution in [2.75, 3.05) is 18.4 Å². The fourth-order valence-corrected chi connectivity index (χ4v) is 3.38. The zero-order valence-electron chi connectivity index (χ0n) is 11.7. The lowest BCUT2D eigenvalue weighted by molar-refractivity contribution is -0.113. The summed E-state index contributed by atoms with van der Waals surface area (Å²) in [4.78, 5) is 23.0. The van der Waals surface area contributed by atoms with Gasteiger partial charge in [-0.15, -0.1) is 0 Å². The van der Waals surface area contributed by atoms with Crippen LogP contribution >= 0.6 is 11.6 Å². The van der Waals surface area contributed by atoms with Crippen molar-refractivity contribution >= 4 is 23.3 Å². The second-order valence-electron chi connectivity index (χ2n) is 5.46. The van der Waals surface area contributed by atoms with Gasteiger partial charge in [0.15, 0.2) is 5.82 Å². The van der Waals surface area contributed by atoms with E-state index in [9.17, 15) is 4.79 Å². The Morgan fingerprint density at radius 2 is 2.32 bits per heavy atom. The number of halogens is 1. The number of allylic oxidation sites excluding steroid dienone is 3. The number of carbonyl (C=O) groups is 1. The van der Waals surface area contributed by atoms with Crippen molar-refractivity contribution in [3.63, 3.8) is 0 Å². The van der Waals surface area contributed by atoms with Gasteiger partial charge in [0.05, 0.1) is 6.20 Å². The number of hydrogen-bond donors (Lipinski definition) is 2. The number of hydrogen-bond acceptors (Lipinski definition) is 5. The highest BCUT2D eigenvalue weighted by Crippen LogP contribution is 2.43. The summed E-state index contributed by atoms with van der Waals surface area (Å²) in [5.74, 6) is 0.543. The number of fused-ring (bicyclic) bond motifs is 5. The largest absolute Gasteiger partial charge is 0.371 e. The van der Waals surface area contributed by atoms with E-state index in [1.54, 1.807) is 12.3 Å². The zero-order valence-corrected chi connectivity index (χ0v) is 12.5. The van der Waals surface area contributed by atoms with Crippen LogP contribution in [0, 0.1) is 5.92 Å². The summed E-state index contributed by atoms with van der Waals surface area (Å²) in [5, 5.41) is 6.22. The number of anilines is 1. The van der Waals surface area contributed by atoms with Gasteiger partial charge in [0.1, 0.15) is 10.9 Å². The van der Waals surface area contributed by atoms with Crippen LogP contribution in [0.1, 0.15) is 6.42 Å². The SMILES string of the molecule is O=C(Nc1cnccn1)C1=C2C(=CC=C(Cl)N1)N1CC[C@@H]2C1. The Morgan fingerprint density at radius 3 is 3.14 bits per heavy atom. The fraction of sp³-hybridized carbons (Fsp3) is 0.267. The highest BCUT2D eigenvalue weighted by Gasteiger charge is 2.41. The molecule has 0 aliphatic carbocycles. The van der Waals surface area contributed by atoms with Crippen LogP contribution in [0.4, 0.5) is 5.82 Å². The van der Waals surface area contributed by atoms with E-state index in [1.165, 1.54) is 12.4 Å². The minimum atomic E-state index is -0.247. The van der Waals surface area contributed by atoms with Crippen molar-refractivity contribution in [1.82, 2.24) is 20.2 Å². The van der Waals surface area contributed by atoms with Gasteiger partial charge in [-0.2, -0.15) is 0 Å². The van der Waals surface area contributed by atoms with Gasteiger partial charge in [0, 0.05) is 42.7 Å². The molecule has 1 aromatic rings. The van der Waals surface area contributed by atoms with Crippen LogP contribution in [0.5, 0.6) is 0 Å². The molecule has 1 atom stereocenters. The molecule has 1 aromatic heterocycles. The molecule has 2 bridgehead atoms. The lowest BCUT2D eigenvalue weighted by Crippen LogP contribution is -2.28. The molecule has 0 unspecified atom stereocenters. The van der Waals surface area contributed by atoms with Gasteiger partial charge < -0.3 is 15.5 Å². The summed E-state index contributed by atoms with van der Waals surface area (Å²) in [6.07, 6.45) is 9.44. The first-order valence-electron chi connectivity index (χ1n) is 7.14. The Bertz CT molecular complexity index is 725. The Labute approximate surface area is 132 Å². The van der Waals surface area contributed by atoms with Crippen molar-refractivity contribution in [2.45, 2.75) is 6.42 Å². The molecule has 0 spiro atoms. The standard InChI is InChI=1S/C15H14ClN5O/c16-11-2-1-10-13(9-3-6-21(10)8-9)14(19-11)15(22)20-12-7-17-4-5-18-12/h1-2,4-5,7,9,19H,3,6,8H2,(H,18,20,22)/t9-/m1/s1. The van der Waals surface area contributed by atoms with Crippen molar-refractivity contribution < 1.29 is 4.79 Å². The Balaban J connectivity index is 1.71. The number of rotatable bonds is 2. The predicted octanol–water partition coefficient (Wildman–Crippen LogP) is 1.57. The van der Waals surface area contributed by atoms with Crippen molar-refractivity contribution in [2.24, 2.45) is 5.92 Å². The first-order valence-corrected chi connectivity index (χ1v) is 7.51. The molecule has 2 fully saturated rings. The highest BCUT2D eigenvalue weighted by molar-refractivity contribution is 6.30. The van der Waals surface area contributed by atoms with Crippen LogP contribution in [0.2, 0.25) is 0 Å². The molecule has 2 saturated heterocycles. The van der Waals surface area contributed by atoms with Crippen LogP contribution in [-0.4, -0.2) is 33.9 Å². The molecular weight excluding hydrogens is 302 g/mol. The normalized spacial score (nSPS) is 22.6. The van der Waals surface area contributed by atoms with Crippen LogP contribution in [0.3, 0.4) is 0 Å². The monoisotopic (exact) mass is 315 g/mol. The third kappa shape index (κ3) is 2.16. The second kappa shape index (κ2) is 5.14. The van der Waals surface area contributed by atoms with Gasteiger partial charge in [-0.3, -0.25) is 9.78 Å². The van der Waals surface area contributed by atoms with Crippen LogP contribution in [0.15, 0.2) is 52.9 Å². The van der Waals surface area contributed by atoms with Gasteiger partial charge in [-0.05, 0) is 18.6 Å². The summed E-state index contributed by atoms with van der Waals surface area (Å²) in [7, 11) is 0. The van der Waals surface area contributed by atoms with Crippen molar-refractivity contribution in [3.8, 4) is 0 Å². The van der Waals surface area contributed by atoms with E-state index in [1.807, 2.05) is 6.08 Å². The molecule has 6 nitrogen and oxygen atoms in total. The van der Waals surface area contributed by atoms with E-state index in [-0.39, 0.29) is 5.91 Å². The second-order valence-corrected chi connectivity index (χ2v) is 5.86. The molecule has 1 amide bonds. The number of nitrogens with one attached hydrogen (secondary N) is 2. The molecule has 4 rings (SSSR count). The number of nitrogens with zero attached hydrogens (tertiary/aromatic N) is 3. The summed E-state index contributed by atoms with van der Waals surface area (Å²) in [5.41, 5.74) is 2.63. The van der Waals surface area contributed by atoms with Crippen molar-refractivity contribution in [1.29, 1.82) is 0 Å². The summed E-state index contributed by atoms with van der Waals surface area (Å²) >= 11 is 6.14. The topological polar surface area (TPSA) is 70.1 Å². The number of aromatic nitrogens is 2. The molecule has 3 aliphatic heterocycles. The maximum Gasteiger partial charge on any atom is 0.273 e. The third-order valence-electron chi connectivity index (χ3n) is 4.15. The maximum absolute atomic E-state index is 12.7.